The van der Waals surface area contributed by atoms with Crippen LogP contribution in [0.4, 0.5) is 0 Å². The second-order valence-corrected chi connectivity index (χ2v) is 8.09. The number of para-hydroxylation sites is 1. The summed E-state index contributed by atoms with van der Waals surface area (Å²) in [6.07, 6.45) is 5.26. The lowest BCUT2D eigenvalue weighted by Crippen LogP contribution is -2.44. The van der Waals surface area contributed by atoms with E-state index in [0.717, 1.165) is 68.5 Å². The van der Waals surface area contributed by atoms with Crippen molar-refractivity contribution in [3.05, 3.63) is 30.0 Å². The van der Waals surface area contributed by atoms with Crippen LogP contribution in [0.25, 0.3) is 11.0 Å². The minimum absolute atomic E-state index is 0.140. The summed E-state index contributed by atoms with van der Waals surface area (Å²) in [7, 11) is 0. The molecule has 2 aromatic rings. The highest BCUT2D eigenvalue weighted by Gasteiger charge is 2.31. The zero-order chi connectivity index (χ0) is 19.5. The van der Waals surface area contributed by atoms with E-state index in [0.29, 0.717) is 24.7 Å². The fourth-order valence-corrected chi connectivity index (χ4v) is 4.78. The van der Waals surface area contributed by atoms with E-state index in [1.165, 1.54) is 0 Å². The van der Waals surface area contributed by atoms with Gasteiger partial charge in [-0.3, -0.25) is 9.59 Å². The van der Waals surface area contributed by atoms with Crippen LogP contribution in [0.5, 0.6) is 0 Å². The van der Waals surface area contributed by atoms with Crippen LogP contribution < -0.4 is 0 Å². The predicted octanol–water partition coefficient (Wildman–Crippen LogP) is 3.26. The van der Waals surface area contributed by atoms with Crippen LogP contribution in [-0.4, -0.2) is 52.9 Å². The molecule has 0 atom stereocenters. The lowest BCUT2D eigenvalue weighted by molar-refractivity contribution is -0.134. The van der Waals surface area contributed by atoms with Gasteiger partial charge in [0.25, 0.3) is 0 Å². The number of benzene rings is 1. The number of rotatable bonds is 4. The molecule has 0 saturated carbocycles. The van der Waals surface area contributed by atoms with Crippen LogP contribution in [0, 0.1) is 11.8 Å². The fourth-order valence-electron chi connectivity index (χ4n) is 4.78. The molecule has 28 heavy (non-hydrogen) atoms. The Morgan fingerprint density at radius 3 is 2.14 bits per heavy atom. The van der Waals surface area contributed by atoms with Crippen molar-refractivity contribution in [1.82, 2.24) is 15.0 Å². The van der Waals surface area contributed by atoms with Gasteiger partial charge < -0.3 is 14.3 Å². The first kappa shape index (κ1) is 19.0. The molecule has 0 bridgehead atoms. The lowest BCUT2D eigenvalue weighted by Gasteiger charge is -2.40. The van der Waals surface area contributed by atoms with Crippen molar-refractivity contribution in [2.45, 2.75) is 45.4 Å². The third-order valence-corrected chi connectivity index (χ3v) is 6.52. The Morgan fingerprint density at radius 1 is 0.964 bits per heavy atom. The molecule has 2 amide bonds. The van der Waals surface area contributed by atoms with E-state index in [1.807, 2.05) is 41.0 Å². The Kier molecular flexibility index (Phi) is 5.64. The highest BCUT2D eigenvalue weighted by Crippen LogP contribution is 2.33. The molecule has 0 unspecified atom stereocenters. The van der Waals surface area contributed by atoms with Gasteiger partial charge in [-0.05, 0) is 49.7 Å². The van der Waals surface area contributed by atoms with Crippen LogP contribution in [0.3, 0.4) is 0 Å². The number of likely N-dealkylation sites (tertiary alicyclic amines) is 2. The molecule has 0 spiro atoms. The maximum Gasteiger partial charge on any atom is 0.228 e. The average molecular weight is 383 g/mol. The number of aromatic nitrogens is 1. The number of nitrogens with zero attached hydrogens (tertiary/aromatic N) is 3. The molecular formula is C22H29N3O3. The first-order chi connectivity index (χ1) is 13.7. The van der Waals surface area contributed by atoms with E-state index in [1.54, 1.807) is 0 Å². The highest BCUT2D eigenvalue weighted by atomic mass is 16.5. The molecule has 3 heterocycles. The number of hydrogen-bond donors (Lipinski definition) is 0. The third-order valence-electron chi connectivity index (χ3n) is 6.52. The molecule has 2 saturated heterocycles. The summed E-state index contributed by atoms with van der Waals surface area (Å²) < 4.78 is 5.32. The van der Waals surface area contributed by atoms with Crippen molar-refractivity contribution in [2.75, 3.05) is 26.2 Å². The number of piperidine rings is 2. The van der Waals surface area contributed by atoms with Crippen molar-refractivity contribution in [2.24, 2.45) is 11.8 Å². The number of hydrogen-bond acceptors (Lipinski definition) is 4. The van der Waals surface area contributed by atoms with E-state index < -0.39 is 0 Å². The molecule has 2 aliphatic heterocycles. The van der Waals surface area contributed by atoms with Crippen LogP contribution in [0.1, 0.15) is 44.7 Å². The van der Waals surface area contributed by atoms with Crippen molar-refractivity contribution in [3.63, 3.8) is 0 Å². The molecule has 1 aromatic carbocycles. The minimum atomic E-state index is 0.140. The first-order valence-corrected chi connectivity index (χ1v) is 10.5. The Balaban J connectivity index is 1.27. The first-order valence-electron chi connectivity index (χ1n) is 10.5. The molecule has 0 radical (unpaired) electrons. The van der Waals surface area contributed by atoms with Gasteiger partial charge in [0.05, 0.1) is 6.42 Å². The van der Waals surface area contributed by atoms with E-state index in [9.17, 15) is 9.59 Å². The Labute approximate surface area is 165 Å². The zero-order valence-corrected chi connectivity index (χ0v) is 16.6. The van der Waals surface area contributed by atoms with Crippen molar-refractivity contribution in [3.8, 4) is 0 Å². The van der Waals surface area contributed by atoms with Gasteiger partial charge in [-0.25, -0.2) is 0 Å². The summed E-state index contributed by atoms with van der Waals surface area (Å²) in [5, 5.41) is 5.02. The molecule has 6 heteroatoms. The topological polar surface area (TPSA) is 66.7 Å². The molecule has 0 aliphatic carbocycles. The average Bonchev–Trinajstić information content (AvgIpc) is 3.16. The number of amides is 2. The Bertz CT molecular complexity index is 830. The summed E-state index contributed by atoms with van der Waals surface area (Å²) in [6.45, 7) is 5.38. The van der Waals surface area contributed by atoms with Gasteiger partial charge in [-0.15, -0.1) is 0 Å². The smallest absolute Gasteiger partial charge is 0.228 e. The summed E-state index contributed by atoms with van der Waals surface area (Å²) in [5.41, 5.74) is 1.47. The van der Waals surface area contributed by atoms with Crippen LogP contribution >= 0.6 is 0 Å². The van der Waals surface area contributed by atoms with Gasteiger partial charge in [0.15, 0.2) is 5.58 Å². The van der Waals surface area contributed by atoms with Gasteiger partial charge in [0, 0.05) is 38.0 Å². The molecule has 150 valence electrons. The standard InChI is InChI=1S/C22H29N3O3/c1-2-21(26)24-11-7-16(8-12-24)17-9-13-25(14-10-17)22(27)15-19-18-5-3-4-6-20(18)28-23-19/h3-6,16-17H,2,7-15H2,1H3. The van der Waals surface area contributed by atoms with Gasteiger partial charge in [0.2, 0.25) is 11.8 Å². The minimum Gasteiger partial charge on any atom is -0.356 e. The number of fused-ring (bicyclic) bond motifs is 1. The monoisotopic (exact) mass is 383 g/mol. The Hall–Kier alpha value is -2.37. The predicted molar refractivity (Wildman–Crippen MR) is 107 cm³/mol. The van der Waals surface area contributed by atoms with Crippen molar-refractivity contribution in [1.29, 1.82) is 0 Å². The third kappa shape index (κ3) is 3.91. The van der Waals surface area contributed by atoms with E-state index >= 15 is 0 Å². The maximum absolute atomic E-state index is 12.7. The molecule has 1 aromatic heterocycles. The summed E-state index contributed by atoms with van der Waals surface area (Å²) >= 11 is 0. The summed E-state index contributed by atoms with van der Waals surface area (Å²) in [4.78, 5) is 28.6. The molecular weight excluding hydrogens is 354 g/mol. The summed E-state index contributed by atoms with van der Waals surface area (Å²) in [5.74, 6) is 1.79. The van der Waals surface area contributed by atoms with Gasteiger partial charge in [-0.1, -0.05) is 24.2 Å². The van der Waals surface area contributed by atoms with Gasteiger partial charge >= 0.3 is 0 Å². The SMILES string of the molecule is CCC(=O)N1CCC(C2CCN(C(=O)Cc3noc4ccccc34)CC2)CC1. The van der Waals surface area contributed by atoms with Crippen LogP contribution in [0.15, 0.2) is 28.8 Å². The molecule has 4 rings (SSSR count). The van der Waals surface area contributed by atoms with Gasteiger partial charge in [-0.2, -0.15) is 0 Å². The second kappa shape index (κ2) is 8.33. The largest absolute Gasteiger partial charge is 0.356 e. The lowest BCUT2D eigenvalue weighted by atomic mass is 9.78. The molecule has 0 N–H and O–H groups in total. The van der Waals surface area contributed by atoms with Crippen LogP contribution in [-0.2, 0) is 16.0 Å². The number of carbonyl (C=O) groups is 2. The quantitative estimate of drug-likeness (QED) is 0.813. The van der Waals surface area contributed by atoms with E-state index in [2.05, 4.69) is 5.16 Å². The maximum atomic E-state index is 12.7. The number of carbonyl (C=O) groups excluding carboxylic acids is 2. The second-order valence-electron chi connectivity index (χ2n) is 8.09. The molecule has 2 fully saturated rings. The summed E-state index contributed by atoms with van der Waals surface area (Å²) in [6, 6.07) is 7.68. The molecule has 6 nitrogen and oxygen atoms in total. The normalized spacial score (nSPS) is 19.3. The highest BCUT2D eigenvalue weighted by molar-refractivity contribution is 5.86. The van der Waals surface area contributed by atoms with E-state index in [4.69, 9.17) is 4.52 Å². The fraction of sp³-hybridized carbons (Fsp3) is 0.591. The Morgan fingerprint density at radius 2 is 1.54 bits per heavy atom. The van der Waals surface area contributed by atoms with Crippen molar-refractivity contribution < 1.29 is 14.1 Å². The zero-order valence-electron chi connectivity index (χ0n) is 16.6. The molecule has 2 aliphatic rings. The van der Waals surface area contributed by atoms with E-state index in [-0.39, 0.29) is 11.8 Å². The van der Waals surface area contributed by atoms with Crippen LogP contribution in [0.2, 0.25) is 0 Å². The van der Waals surface area contributed by atoms with Gasteiger partial charge in [0.1, 0.15) is 5.69 Å². The van der Waals surface area contributed by atoms with Crippen molar-refractivity contribution >= 4 is 22.8 Å².